The molecule has 1 aliphatic heterocycles. The van der Waals surface area contributed by atoms with Crippen LogP contribution in [0.3, 0.4) is 0 Å². The molecule has 0 spiro atoms. The largest absolute Gasteiger partial charge is 0.350 e. The van der Waals surface area contributed by atoms with E-state index in [-0.39, 0.29) is 34.7 Å². The van der Waals surface area contributed by atoms with Crippen LogP contribution in [-0.4, -0.2) is 40.0 Å². The zero-order chi connectivity index (χ0) is 19.4. The van der Waals surface area contributed by atoms with Crippen molar-refractivity contribution in [1.29, 1.82) is 0 Å². The third kappa shape index (κ3) is 4.32. The lowest BCUT2D eigenvalue weighted by Gasteiger charge is -2.12. The normalized spacial score (nSPS) is 15.4. The number of hydrogen-bond acceptors (Lipinski definition) is 5. The lowest BCUT2D eigenvalue weighted by atomic mass is 10.2. The standard InChI is InChI=1S/C18H14FN3O4S/c19-13-4-2-1-3-11(13)9-14-17(25)22(18(26)27-14)8-7-20-16(24)12-5-6-15(23)21-10-12/h1-6,9-10H,7-8H2,(H,20,24)(H,21,23)/b14-9-. The summed E-state index contributed by atoms with van der Waals surface area (Å²) in [6, 6.07) is 8.52. The van der Waals surface area contributed by atoms with Crippen LogP contribution >= 0.6 is 11.8 Å². The van der Waals surface area contributed by atoms with Crippen LogP contribution in [0.25, 0.3) is 6.08 Å². The number of hydrogen-bond donors (Lipinski definition) is 2. The van der Waals surface area contributed by atoms with Gasteiger partial charge < -0.3 is 10.3 Å². The van der Waals surface area contributed by atoms with Gasteiger partial charge in [-0.1, -0.05) is 18.2 Å². The second kappa shape index (κ2) is 8.00. The van der Waals surface area contributed by atoms with Crippen LogP contribution in [0.15, 0.2) is 52.3 Å². The number of halogens is 1. The van der Waals surface area contributed by atoms with Gasteiger partial charge >= 0.3 is 0 Å². The molecule has 27 heavy (non-hydrogen) atoms. The summed E-state index contributed by atoms with van der Waals surface area (Å²) in [7, 11) is 0. The van der Waals surface area contributed by atoms with Crippen LogP contribution in [0.1, 0.15) is 15.9 Å². The average Bonchev–Trinajstić information content (AvgIpc) is 2.91. The van der Waals surface area contributed by atoms with Crippen molar-refractivity contribution in [3.8, 4) is 0 Å². The summed E-state index contributed by atoms with van der Waals surface area (Å²) in [5.74, 6) is -1.47. The Balaban J connectivity index is 1.61. The number of aromatic amines is 1. The molecule has 2 N–H and O–H groups in total. The Morgan fingerprint density at radius 3 is 2.67 bits per heavy atom. The van der Waals surface area contributed by atoms with Crippen molar-refractivity contribution in [2.75, 3.05) is 13.1 Å². The molecule has 0 unspecified atom stereocenters. The number of imide groups is 1. The van der Waals surface area contributed by atoms with E-state index in [0.717, 1.165) is 16.7 Å². The van der Waals surface area contributed by atoms with Gasteiger partial charge in [-0.05, 0) is 30.0 Å². The first-order chi connectivity index (χ1) is 13.0. The highest BCUT2D eigenvalue weighted by Gasteiger charge is 2.34. The minimum absolute atomic E-state index is 0.0195. The Hall–Kier alpha value is -3.20. The van der Waals surface area contributed by atoms with Crippen LogP contribution in [0.5, 0.6) is 0 Å². The second-order valence-electron chi connectivity index (χ2n) is 5.55. The van der Waals surface area contributed by atoms with Crippen LogP contribution in [0.2, 0.25) is 0 Å². The van der Waals surface area contributed by atoms with Crippen LogP contribution < -0.4 is 10.9 Å². The van der Waals surface area contributed by atoms with Gasteiger partial charge in [0.05, 0.1) is 10.5 Å². The number of aromatic nitrogens is 1. The van der Waals surface area contributed by atoms with E-state index in [0.29, 0.717) is 0 Å². The summed E-state index contributed by atoms with van der Waals surface area (Å²) in [4.78, 5) is 50.8. The Labute approximate surface area is 157 Å². The van der Waals surface area contributed by atoms with E-state index in [2.05, 4.69) is 10.3 Å². The van der Waals surface area contributed by atoms with Gasteiger partial charge in [-0.15, -0.1) is 0 Å². The van der Waals surface area contributed by atoms with E-state index in [1.165, 1.54) is 42.6 Å². The predicted molar refractivity (Wildman–Crippen MR) is 98.5 cm³/mol. The first kappa shape index (κ1) is 18.6. The highest BCUT2D eigenvalue weighted by molar-refractivity contribution is 8.18. The number of nitrogens with one attached hydrogen (secondary N) is 2. The van der Waals surface area contributed by atoms with Gasteiger partial charge in [-0.3, -0.25) is 24.1 Å². The molecule has 0 radical (unpaired) electrons. The molecule has 0 bridgehead atoms. The second-order valence-corrected chi connectivity index (χ2v) is 6.55. The zero-order valence-electron chi connectivity index (χ0n) is 13.9. The van der Waals surface area contributed by atoms with Crippen LogP contribution in [0.4, 0.5) is 9.18 Å². The molecule has 1 fully saturated rings. The number of amides is 3. The van der Waals surface area contributed by atoms with E-state index in [1.807, 2.05) is 0 Å². The lowest BCUT2D eigenvalue weighted by Crippen LogP contribution is -2.37. The van der Waals surface area contributed by atoms with E-state index < -0.39 is 22.9 Å². The van der Waals surface area contributed by atoms with Gasteiger partial charge in [0, 0.05) is 30.9 Å². The molecule has 7 nitrogen and oxygen atoms in total. The first-order valence-corrected chi connectivity index (χ1v) is 8.74. The van der Waals surface area contributed by atoms with Gasteiger partial charge in [0.15, 0.2) is 0 Å². The third-order valence-corrected chi connectivity index (χ3v) is 4.64. The van der Waals surface area contributed by atoms with Crippen molar-refractivity contribution >= 4 is 34.9 Å². The number of rotatable bonds is 5. The molecule has 0 aliphatic carbocycles. The smallest absolute Gasteiger partial charge is 0.293 e. The molecule has 3 rings (SSSR count). The molecule has 1 aromatic carbocycles. The van der Waals surface area contributed by atoms with E-state index in [9.17, 15) is 23.6 Å². The van der Waals surface area contributed by atoms with Crippen LogP contribution in [-0.2, 0) is 4.79 Å². The average molecular weight is 387 g/mol. The zero-order valence-corrected chi connectivity index (χ0v) is 14.7. The summed E-state index contributed by atoms with van der Waals surface area (Å²) in [5, 5.41) is 2.08. The van der Waals surface area contributed by atoms with E-state index in [4.69, 9.17) is 0 Å². The van der Waals surface area contributed by atoms with E-state index >= 15 is 0 Å². The maximum atomic E-state index is 13.7. The van der Waals surface area contributed by atoms with Gasteiger partial charge in [0.2, 0.25) is 5.56 Å². The first-order valence-electron chi connectivity index (χ1n) is 7.92. The highest BCUT2D eigenvalue weighted by Crippen LogP contribution is 2.32. The van der Waals surface area contributed by atoms with Gasteiger partial charge in [0.25, 0.3) is 17.1 Å². The van der Waals surface area contributed by atoms with Crippen molar-refractivity contribution in [3.05, 3.63) is 74.8 Å². The molecule has 0 atom stereocenters. The number of thioether (sulfide) groups is 1. The fourth-order valence-electron chi connectivity index (χ4n) is 2.36. The number of benzene rings is 1. The predicted octanol–water partition coefficient (Wildman–Crippen LogP) is 1.98. The molecule has 3 amide bonds. The summed E-state index contributed by atoms with van der Waals surface area (Å²) in [6.45, 7) is 0.0251. The molecular weight excluding hydrogens is 373 g/mol. The molecule has 1 aromatic heterocycles. The molecule has 0 saturated carbocycles. The molecular formula is C18H14FN3O4S. The van der Waals surface area contributed by atoms with Gasteiger partial charge in [0.1, 0.15) is 5.82 Å². The number of pyridine rings is 1. The fraction of sp³-hybridized carbons (Fsp3) is 0.111. The molecule has 9 heteroatoms. The Kier molecular flexibility index (Phi) is 5.51. The Morgan fingerprint density at radius 2 is 1.96 bits per heavy atom. The summed E-state index contributed by atoms with van der Waals surface area (Å²) < 4.78 is 13.7. The summed E-state index contributed by atoms with van der Waals surface area (Å²) >= 11 is 0.722. The molecule has 1 saturated heterocycles. The topological polar surface area (TPSA) is 99.3 Å². The van der Waals surface area contributed by atoms with Crippen molar-refractivity contribution in [1.82, 2.24) is 15.2 Å². The quantitative estimate of drug-likeness (QED) is 0.765. The van der Waals surface area contributed by atoms with Crippen molar-refractivity contribution in [3.63, 3.8) is 0 Å². The molecule has 138 valence electrons. The van der Waals surface area contributed by atoms with Crippen molar-refractivity contribution in [2.45, 2.75) is 0 Å². The minimum atomic E-state index is -0.536. The number of nitrogens with zero attached hydrogens (tertiary/aromatic N) is 1. The van der Waals surface area contributed by atoms with Gasteiger partial charge in [-0.25, -0.2) is 4.39 Å². The maximum Gasteiger partial charge on any atom is 0.293 e. The summed E-state index contributed by atoms with van der Waals surface area (Å²) in [5.41, 5.74) is 0.142. The molecule has 1 aliphatic rings. The Morgan fingerprint density at radius 1 is 1.19 bits per heavy atom. The SMILES string of the molecule is O=C(NCCN1C(=O)S/C(=C\c2ccccc2F)C1=O)c1ccc(=O)[nH]c1. The van der Waals surface area contributed by atoms with Crippen molar-refractivity contribution < 1.29 is 18.8 Å². The Bertz CT molecular complexity index is 982. The number of carbonyl (C=O) groups is 3. The maximum absolute atomic E-state index is 13.7. The fourth-order valence-corrected chi connectivity index (χ4v) is 3.22. The van der Waals surface area contributed by atoms with Crippen LogP contribution in [0, 0.1) is 5.82 Å². The third-order valence-electron chi connectivity index (χ3n) is 3.73. The number of H-pyrrole nitrogens is 1. The lowest BCUT2D eigenvalue weighted by molar-refractivity contribution is -0.122. The highest BCUT2D eigenvalue weighted by atomic mass is 32.2. The van der Waals surface area contributed by atoms with Gasteiger partial charge in [-0.2, -0.15) is 0 Å². The molecule has 2 aromatic rings. The monoisotopic (exact) mass is 387 g/mol. The van der Waals surface area contributed by atoms with E-state index in [1.54, 1.807) is 6.07 Å². The number of carbonyl (C=O) groups excluding carboxylic acids is 3. The summed E-state index contributed by atoms with van der Waals surface area (Å²) in [6.07, 6.45) is 2.61. The van der Waals surface area contributed by atoms with Crippen molar-refractivity contribution in [2.24, 2.45) is 0 Å². The minimum Gasteiger partial charge on any atom is -0.350 e. The molecule has 2 heterocycles.